The fourth-order valence-corrected chi connectivity index (χ4v) is 13.6. The lowest BCUT2D eigenvalue weighted by Gasteiger charge is -2.32. The van der Waals surface area contributed by atoms with E-state index < -0.39 is 95.3 Å². The molecule has 16 nitrogen and oxygen atoms in total. The van der Waals surface area contributed by atoms with Crippen molar-refractivity contribution < 1.29 is 47.7 Å². The van der Waals surface area contributed by atoms with Crippen LogP contribution in [0.15, 0.2) is 203 Å². The third-order valence-electron chi connectivity index (χ3n) is 14.9. The highest BCUT2D eigenvalue weighted by molar-refractivity contribution is 7.25. The number of ketones is 2. The first-order chi connectivity index (χ1) is 42.0. The Balaban J connectivity index is 1.16. The van der Waals surface area contributed by atoms with E-state index in [2.05, 4.69) is 0 Å². The van der Waals surface area contributed by atoms with E-state index in [1.165, 1.54) is 30.3 Å². The number of ether oxygens (including phenoxy) is 4. The van der Waals surface area contributed by atoms with Gasteiger partial charge in [0.05, 0.1) is 15.5 Å². The molecular weight excluding hydrogens is 1120 g/mol. The molecule has 0 aliphatic heterocycles. The molecule has 2 aromatic heterocycles. The molecule has 0 saturated heterocycles. The standard InChI is InChI=1S/C68H38N6O10S2/c69-31-43(32-70)53-45-25-13-15-27-47(45)59(75)57(53)73-51-30-50-55(68(51,65(79)83-37-41-21-9-3-10-22-41)66(80)84-38-42-23-11-4-12-24-42)56-62(85-50)61-49(29-52(86-61)74-58-54(44(33-71)34-72)46-26-14-16-28-48(46)60(58)76)67(56,63(77)81-35-39-17-5-1-6-18-39)64(78)82-36-40-19-7-2-8-20-40/h1-30H,35-38H2. The Labute approximate surface area is 498 Å². The fraction of sp³-hybridized carbons (Fsp3) is 0.0882. The Morgan fingerprint density at radius 2 is 0.791 bits per heavy atom. The summed E-state index contributed by atoms with van der Waals surface area (Å²) in [7, 11) is 0. The number of fused-ring (bicyclic) bond motifs is 7. The van der Waals surface area contributed by atoms with Crippen LogP contribution in [0.3, 0.4) is 0 Å². The van der Waals surface area contributed by atoms with Gasteiger partial charge in [-0.3, -0.25) is 28.8 Å². The predicted octanol–water partition coefficient (Wildman–Crippen LogP) is 11.6. The van der Waals surface area contributed by atoms with Crippen LogP contribution in [0.4, 0.5) is 5.00 Å². The summed E-state index contributed by atoms with van der Waals surface area (Å²) >= 11 is 1.85. The number of aliphatic imine (C=N–C) groups is 2. The molecule has 0 atom stereocenters. The van der Waals surface area contributed by atoms with Crippen LogP contribution in [0.1, 0.15) is 75.7 Å². The molecule has 86 heavy (non-hydrogen) atoms. The first-order valence-electron chi connectivity index (χ1n) is 26.4. The number of thiophene rings is 2. The van der Waals surface area contributed by atoms with Crippen LogP contribution in [0.25, 0.3) is 27.0 Å². The van der Waals surface area contributed by atoms with Gasteiger partial charge in [0.25, 0.3) is 0 Å². The predicted molar refractivity (Wildman–Crippen MR) is 315 cm³/mol. The Morgan fingerprint density at radius 1 is 0.430 bits per heavy atom. The van der Waals surface area contributed by atoms with E-state index in [0.29, 0.717) is 27.8 Å². The van der Waals surface area contributed by atoms with E-state index in [-0.39, 0.29) is 69.9 Å². The third kappa shape index (κ3) is 9.03. The molecule has 0 unspecified atom stereocenters. The molecule has 4 aliphatic carbocycles. The van der Waals surface area contributed by atoms with Gasteiger partial charge in [0.2, 0.25) is 22.4 Å². The third-order valence-corrected chi connectivity index (χ3v) is 17.3. The van der Waals surface area contributed by atoms with Crippen LogP contribution in [-0.4, -0.2) is 46.9 Å². The Morgan fingerprint density at radius 3 is 1.19 bits per heavy atom. The van der Waals surface area contributed by atoms with E-state index in [4.69, 9.17) is 28.9 Å². The van der Waals surface area contributed by atoms with Crippen LogP contribution >= 0.6 is 22.7 Å². The summed E-state index contributed by atoms with van der Waals surface area (Å²) in [6.45, 7) is -1.71. The maximum atomic E-state index is 16.2. The van der Waals surface area contributed by atoms with Gasteiger partial charge in [0.1, 0.15) is 78.3 Å². The highest BCUT2D eigenvalue weighted by Crippen LogP contribution is 2.65. The number of rotatable bonds is 14. The van der Waals surface area contributed by atoms with Crippen molar-refractivity contribution in [3.8, 4) is 34.0 Å². The topological polar surface area (TPSA) is 259 Å². The van der Waals surface area contributed by atoms with Crippen molar-refractivity contribution in [2.24, 2.45) is 9.98 Å². The first-order valence-corrected chi connectivity index (χ1v) is 28.1. The number of carbonyl (C=O) groups is 6. The number of allylic oxidation sites excluding steroid dienone is 4. The molecule has 0 saturated carbocycles. The zero-order valence-corrected chi connectivity index (χ0v) is 46.4. The van der Waals surface area contributed by atoms with Crippen LogP contribution in [0.5, 0.6) is 0 Å². The number of Topliss-reactive ketones (excluding diaryl/α,β-unsaturated/α-hetero) is 2. The van der Waals surface area contributed by atoms with Crippen LogP contribution < -0.4 is 0 Å². The largest absolute Gasteiger partial charge is 0.459 e. The number of nitrogens with zero attached hydrogens (tertiary/aromatic N) is 6. The molecule has 12 rings (SSSR count). The number of carbonyl (C=O) groups excluding carboxylic acids is 6. The average Bonchev–Trinajstić information content (AvgIpc) is 1.52. The van der Waals surface area contributed by atoms with Crippen molar-refractivity contribution in [2.45, 2.75) is 37.3 Å². The van der Waals surface area contributed by atoms with Crippen molar-refractivity contribution in [1.82, 2.24) is 0 Å². The SMILES string of the molecule is N#CC(C#N)=C1C(=NC2=Cc3sc4c(c3C2(C(=O)OCc2ccccc2)C(=O)OCc2ccccc2)C(C(=O)OCc2ccccc2)(C(=O)OCc2ccccc2)c2cc(N=C3C(=O)c5ccccc5C3=C(C#N)C#N)sc2-4)C(=O)c2ccccc21. The van der Waals surface area contributed by atoms with Crippen LogP contribution in [-0.2, 0) is 75.4 Å². The van der Waals surface area contributed by atoms with Crippen molar-refractivity contribution in [3.63, 3.8) is 0 Å². The molecule has 0 amide bonds. The second-order valence-corrected chi connectivity index (χ2v) is 21.8. The van der Waals surface area contributed by atoms with E-state index >= 15 is 19.2 Å². The normalized spacial score (nSPS) is 15.1. The molecule has 0 N–H and O–H groups in total. The van der Waals surface area contributed by atoms with E-state index in [1.54, 1.807) is 152 Å². The summed E-state index contributed by atoms with van der Waals surface area (Å²) in [6, 6.07) is 55.7. The smallest absolute Gasteiger partial charge is 0.334 e. The number of benzene rings is 6. The first kappa shape index (κ1) is 55.0. The Kier molecular flexibility index (Phi) is 14.5. The van der Waals surface area contributed by atoms with Gasteiger partial charge in [-0.15, -0.1) is 22.7 Å². The van der Waals surface area contributed by atoms with Gasteiger partial charge < -0.3 is 18.9 Å². The summed E-state index contributed by atoms with van der Waals surface area (Å²) in [4.78, 5) is 104. The molecule has 4 aliphatic rings. The van der Waals surface area contributed by atoms with Crippen LogP contribution in [0, 0.1) is 45.3 Å². The maximum absolute atomic E-state index is 16.2. The van der Waals surface area contributed by atoms with Crippen molar-refractivity contribution in [3.05, 3.63) is 259 Å². The Bertz CT molecular complexity index is 4440. The molecule has 412 valence electrons. The summed E-state index contributed by atoms with van der Waals surface area (Å²) in [5.74, 6) is -6.48. The lowest BCUT2D eigenvalue weighted by atomic mass is 9.70. The van der Waals surface area contributed by atoms with Gasteiger partial charge in [-0.1, -0.05) is 170 Å². The monoisotopic (exact) mass is 1160 g/mol. The van der Waals surface area contributed by atoms with Gasteiger partial charge in [-0.25, -0.2) is 9.98 Å². The molecule has 18 heteroatoms. The second kappa shape index (κ2) is 22.7. The maximum Gasteiger partial charge on any atom is 0.334 e. The highest BCUT2D eigenvalue weighted by Gasteiger charge is 2.68. The summed E-state index contributed by atoms with van der Waals surface area (Å²) in [5, 5.41) is 41.2. The van der Waals surface area contributed by atoms with Gasteiger partial charge in [-0.05, 0) is 45.5 Å². The molecule has 0 fully saturated rings. The minimum Gasteiger partial charge on any atom is -0.459 e. The number of hydrogen-bond donors (Lipinski definition) is 0. The van der Waals surface area contributed by atoms with Crippen molar-refractivity contribution >= 4 is 91.8 Å². The molecule has 6 aromatic carbocycles. The summed E-state index contributed by atoms with van der Waals surface area (Å²) in [5.41, 5.74) is -6.09. The Hall–Kier alpha value is -11.5. The molecule has 0 bridgehead atoms. The minimum atomic E-state index is -2.97. The van der Waals surface area contributed by atoms with Crippen molar-refractivity contribution in [2.75, 3.05) is 0 Å². The van der Waals surface area contributed by atoms with Crippen LogP contribution in [0.2, 0.25) is 0 Å². The molecular formula is C68H38N6O10S2. The van der Waals surface area contributed by atoms with E-state index in [1.807, 2.05) is 24.3 Å². The molecule has 0 radical (unpaired) electrons. The lowest BCUT2D eigenvalue weighted by Crippen LogP contribution is -2.51. The fourth-order valence-electron chi connectivity index (χ4n) is 11.0. The molecule has 8 aromatic rings. The van der Waals surface area contributed by atoms with Gasteiger partial charge in [0.15, 0.2) is 0 Å². The van der Waals surface area contributed by atoms with E-state index in [0.717, 1.165) is 22.7 Å². The zero-order valence-electron chi connectivity index (χ0n) is 44.7. The van der Waals surface area contributed by atoms with Gasteiger partial charge in [-0.2, -0.15) is 21.0 Å². The summed E-state index contributed by atoms with van der Waals surface area (Å²) < 4.78 is 25.0. The second-order valence-electron chi connectivity index (χ2n) is 19.8. The zero-order chi connectivity index (χ0) is 59.7. The number of nitriles is 4. The quantitative estimate of drug-likeness (QED) is 0.0424. The van der Waals surface area contributed by atoms with Gasteiger partial charge in [0, 0.05) is 43.8 Å². The molecule has 2 heterocycles. The average molecular weight is 1160 g/mol. The highest BCUT2D eigenvalue weighted by atomic mass is 32.1. The van der Waals surface area contributed by atoms with E-state index in [9.17, 15) is 30.6 Å². The summed E-state index contributed by atoms with van der Waals surface area (Å²) in [6.07, 6.45) is 1.34. The number of esters is 4. The number of hydrogen-bond acceptors (Lipinski definition) is 18. The minimum absolute atomic E-state index is 0.0250. The van der Waals surface area contributed by atoms with Crippen molar-refractivity contribution in [1.29, 1.82) is 21.0 Å². The molecule has 0 spiro atoms. The van der Waals surface area contributed by atoms with Gasteiger partial charge >= 0.3 is 23.9 Å². The lowest BCUT2D eigenvalue weighted by molar-refractivity contribution is -0.167.